The Morgan fingerprint density at radius 1 is 1.24 bits per heavy atom. The molecule has 3 nitrogen and oxygen atoms in total. The summed E-state index contributed by atoms with van der Waals surface area (Å²) in [6.07, 6.45) is 3.84. The molecule has 118 valence electrons. The molecule has 0 amide bonds. The van der Waals surface area contributed by atoms with Gasteiger partial charge in [0.1, 0.15) is 0 Å². The molecule has 0 spiro atoms. The number of nitrogens with zero attached hydrogens (tertiary/aromatic N) is 2. The molecular formula is C18H31N3. The van der Waals surface area contributed by atoms with Crippen molar-refractivity contribution in [1.82, 2.24) is 15.1 Å². The van der Waals surface area contributed by atoms with Gasteiger partial charge in [0.15, 0.2) is 0 Å². The maximum absolute atomic E-state index is 3.20. The molecule has 0 saturated carbocycles. The summed E-state index contributed by atoms with van der Waals surface area (Å²) >= 11 is 0. The highest BCUT2D eigenvalue weighted by molar-refractivity contribution is 5.22. The first-order valence-corrected chi connectivity index (χ1v) is 8.38. The number of rotatable bonds is 8. The number of benzene rings is 1. The summed E-state index contributed by atoms with van der Waals surface area (Å²) in [5.74, 6) is 0. The largest absolute Gasteiger partial charge is 0.319 e. The van der Waals surface area contributed by atoms with Crippen molar-refractivity contribution >= 4 is 0 Å². The number of hydrogen-bond acceptors (Lipinski definition) is 3. The zero-order chi connectivity index (χ0) is 15.1. The smallest absolute Gasteiger partial charge is 0.0231 e. The lowest BCUT2D eigenvalue weighted by Gasteiger charge is -2.27. The van der Waals surface area contributed by atoms with E-state index in [1.165, 1.54) is 43.6 Å². The molecule has 0 radical (unpaired) electrons. The highest BCUT2D eigenvalue weighted by Crippen LogP contribution is 2.18. The number of likely N-dealkylation sites (tertiary alicyclic amines) is 1. The standard InChI is InChI=1S/C18H31N3/c1-4-21-13-5-6-18(21)15-20(3)14-17-9-7-16(8-10-17)11-12-19-2/h7-10,18-19H,4-6,11-15H2,1-3H3. The molecule has 1 heterocycles. The SMILES string of the molecule is CCN1CCCC1CN(C)Cc1ccc(CCNC)cc1. The van der Waals surface area contributed by atoms with Crippen molar-refractivity contribution in [2.24, 2.45) is 0 Å². The van der Waals surface area contributed by atoms with E-state index in [2.05, 4.69) is 53.4 Å². The van der Waals surface area contributed by atoms with Crippen LogP contribution in [-0.2, 0) is 13.0 Å². The van der Waals surface area contributed by atoms with Crippen molar-refractivity contribution < 1.29 is 0 Å². The molecule has 2 rings (SSSR count). The van der Waals surface area contributed by atoms with Gasteiger partial charge in [-0.05, 0) is 64.1 Å². The molecular weight excluding hydrogens is 258 g/mol. The Kier molecular flexibility index (Phi) is 6.68. The summed E-state index contributed by atoms with van der Waals surface area (Å²) in [5, 5.41) is 3.20. The molecule has 1 aromatic carbocycles. The summed E-state index contributed by atoms with van der Waals surface area (Å²) in [5.41, 5.74) is 2.84. The summed E-state index contributed by atoms with van der Waals surface area (Å²) in [6.45, 7) is 8.06. The van der Waals surface area contributed by atoms with Crippen LogP contribution in [0.1, 0.15) is 30.9 Å². The molecule has 1 aromatic rings. The zero-order valence-corrected chi connectivity index (χ0v) is 13.9. The minimum Gasteiger partial charge on any atom is -0.319 e. The van der Waals surface area contributed by atoms with Crippen molar-refractivity contribution in [3.05, 3.63) is 35.4 Å². The molecule has 1 N–H and O–H groups in total. The lowest BCUT2D eigenvalue weighted by molar-refractivity contribution is 0.195. The molecule has 1 fully saturated rings. The molecule has 1 unspecified atom stereocenters. The van der Waals surface area contributed by atoms with E-state index >= 15 is 0 Å². The van der Waals surface area contributed by atoms with Gasteiger partial charge in [0.25, 0.3) is 0 Å². The third-order valence-corrected chi connectivity index (χ3v) is 4.57. The highest BCUT2D eigenvalue weighted by atomic mass is 15.2. The maximum atomic E-state index is 3.20. The van der Waals surface area contributed by atoms with Gasteiger partial charge in [-0.1, -0.05) is 31.2 Å². The van der Waals surface area contributed by atoms with E-state index < -0.39 is 0 Å². The van der Waals surface area contributed by atoms with Gasteiger partial charge in [-0.25, -0.2) is 0 Å². The van der Waals surface area contributed by atoms with Crippen LogP contribution in [0.15, 0.2) is 24.3 Å². The quantitative estimate of drug-likeness (QED) is 0.792. The van der Waals surface area contributed by atoms with Crippen molar-refractivity contribution in [2.45, 2.75) is 38.8 Å². The van der Waals surface area contributed by atoms with Gasteiger partial charge in [-0.3, -0.25) is 4.90 Å². The Morgan fingerprint density at radius 2 is 1.95 bits per heavy atom. The Bertz CT molecular complexity index is 401. The van der Waals surface area contributed by atoms with Crippen LogP contribution in [0.5, 0.6) is 0 Å². The first-order valence-electron chi connectivity index (χ1n) is 8.38. The van der Waals surface area contributed by atoms with Gasteiger partial charge in [0, 0.05) is 19.1 Å². The second-order valence-corrected chi connectivity index (χ2v) is 6.29. The minimum absolute atomic E-state index is 0.759. The molecule has 1 aliphatic rings. The second-order valence-electron chi connectivity index (χ2n) is 6.29. The van der Waals surface area contributed by atoms with Crippen molar-refractivity contribution in [1.29, 1.82) is 0 Å². The van der Waals surface area contributed by atoms with E-state index in [9.17, 15) is 0 Å². The predicted octanol–water partition coefficient (Wildman–Crippen LogP) is 2.36. The summed E-state index contributed by atoms with van der Waals surface area (Å²) in [6, 6.07) is 9.87. The average Bonchev–Trinajstić information content (AvgIpc) is 2.93. The Hall–Kier alpha value is -0.900. The highest BCUT2D eigenvalue weighted by Gasteiger charge is 2.23. The monoisotopic (exact) mass is 289 g/mol. The second kappa shape index (κ2) is 8.52. The van der Waals surface area contributed by atoms with E-state index in [1.807, 2.05) is 7.05 Å². The average molecular weight is 289 g/mol. The van der Waals surface area contributed by atoms with Crippen LogP contribution in [0.3, 0.4) is 0 Å². The van der Waals surface area contributed by atoms with Crippen molar-refractivity contribution in [3.63, 3.8) is 0 Å². The predicted molar refractivity (Wildman–Crippen MR) is 90.7 cm³/mol. The third kappa shape index (κ3) is 5.10. The first-order chi connectivity index (χ1) is 10.2. The third-order valence-electron chi connectivity index (χ3n) is 4.57. The molecule has 0 aromatic heterocycles. The van der Waals surface area contributed by atoms with Gasteiger partial charge >= 0.3 is 0 Å². The van der Waals surface area contributed by atoms with Gasteiger partial charge in [0.05, 0.1) is 0 Å². The topological polar surface area (TPSA) is 18.5 Å². The van der Waals surface area contributed by atoms with E-state index in [4.69, 9.17) is 0 Å². The lowest BCUT2D eigenvalue weighted by Crippen LogP contribution is -2.38. The fourth-order valence-corrected chi connectivity index (χ4v) is 3.33. The molecule has 1 saturated heterocycles. The van der Waals surface area contributed by atoms with E-state index in [-0.39, 0.29) is 0 Å². The molecule has 3 heteroatoms. The summed E-state index contributed by atoms with van der Waals surface area (Å²) in [7, 11) is 4.26. The van der Waals surface area contributed by atoms with Gasteiger partial charge in [0.2, 0.25) is 0 Å². The fourth-order valence-electron chi connectivity index (χ4n) is 3.33. The molecule has 21 heavy (non-hydrogen) atoms. The Balaban J connectivity index is 1.80. The molecule has 1 atom stereocenters. The van der Waals surface area contributed by atoms with Crippen LogP contribution < -0.4 is 5.32 Å². The Morgan fingerprint density at radius 3 is 2.62 bits per heavy atom. The van der Waals surface area contributed by atoms with Gasteiger partial charge < -0.3 is 10.2 Å². The van der Waals surface area contributed by atoms with Crippen LogP contribution in [0, 0.1) is 0 Å². The van der Waals surface area contributed by atoms with Crippen LogP contribution in [-0.4, -0.2) is 56.1 Å². The number of hydrogen-bond donors (Lipinski definition) is 1. The summed E-state index contributed by atoms with van der Waals surface area (Å²) < 4.78 is 0. The number of likely N-dealkylation sites (N-methyl/N-ethyl adjacent to an activating group) is 3. The van der Waals surface area contributed by atoms with Crippen LogP contribution in [0.4, 0.5) is 0 Å². The van der Waals surface area contributed by atoms with Crippen LogP contribution in [0.25, 0.3) is 0 Å². The van der Waals surface area contributed by atoms with E-state index in [0.717, 1.165) is 25.6 Å². The van der Waals surface area contributed by atoms with Gasteiger partial charge in [-0.15, -0.1) is 0 Å². The van der Waals surface area contributed by atoms with E-state index in [0.29, 0.717) is 0 Å². The fraction of sp³-hybridized carbons (Fsp3) is 0.667. The minimum atomic E-state index is 0.759. The van der Waals surface area contributed by atoms with Crippen LogP contribution in [0.2, 0.25) is 0 Å². The van der Waals surface area contributed by atoms with E-state index in [1.54, 1.807) is 0 Å². The zero-order valence-electron chi connectivity index (χ0n) is 13.9. The molecule has 0 aliphatic carbocycles. The normalized spacial score (nSPS) is 19.5. The van der Waals surface area contributed by atoms with Crippen molar-refractivity contribution in [2.75, 3.05) is 40.3 Å². The first kappa shape index (κ1) is 16.5. The number of nitrogens with one attached hydrogen (secondary N) is 1. The maximum Gasteiger partial charge on any atom is 0.0231 e. The van der Waals surface area contributed by atoms with Crippen LogP contribution >= 0.6 is 0 Å². The van der Waals surface area contributed by atoms with Gasteiger partial charge in [-0.2, -0.15) is 0 Å². The summed E-state index contributed by atoms with van der Waals surface area (Å²) in [4.78, 5) is 5.10. The molecule has 1 aliphatic heterocycles. The lowest BCUT2D eigenvalue weighted by atomic mass is 10.1. The molecule has 0 bridgehead atoms. The Labute approximate surface area is 130 Å². The van der Waals surface area contributed by atoms with Crippen molar-refractivity contribution in [3.8, 4) is 0 Å².